The van der Waals surface area contributed by atoms with Crippen molar-refractivity contribution in [3.63, 3.8) is 0 Å². The minimum absolute atomic E-state index is 0.117. The third-order valence-corrected chi connectivity index (χ3v) is 10.0. The fourth-order valence-electron chi connectivity index (χ4n) is 5.63. The molecule has 3 heterocycles. The van der Waals surface area contributed by atoms with E-state index in [1.807, 2.05) is 97.1 Å². The summed E-state index contributed by atoms with van der Waals surface area (Å²) < 4.78 is 67.9. The first kappa shape index (κ1) is 19.0. The molecule has 0 spiro atoms. The first-order chi connectivity index (χ1) is 24.7. The molecule has 44 heavy (non-hydrogen) atoms. The Labute approximate surface area is 268 Å². The summed E-state index contributed by atoms with van der Waals surface area (Å²) in [4.78, 5) is 14.9. The van der Waals surface area contributed by atoms with Gasteiger partial charge >= 0.3 is 263 Å². The predicted molar refractivity (Wildman–Crippen MR) is 181 cm³/mol. The van der Waals surface area contributed by atoms with Crippen LogP contribution in [0.25, 0.3) is 86.5 Å². The molecular weight excluding hydrogens is 605 g/mol. The fraction of sp³-hybridized carbons (Fsp3) is 0. The summed E-state index contributed by atoms with van der Waals surface area (Å²) in [6.45, 7) is 0. The summed E-state index contributed by atoms with van der Waals surface area (Å²) in [6.07, 6.45) is 0. The topological polar surface area (TPSA) is 51.8 Å². The first-order valence-electron chi connectivity index (χ1n) is 17.5. The van der Waals surface area contributed by atoms with Gasteiger partial charge in [0.1, 0.15) is 0 Å². The zero-order valence-electron chi connectivity index (χ0n) is 29.9. The van der Waals surface area contributed by atoms with Crippen molar-refractivity contribution >= 4 is 55.7 Å². The number of furan rings is 1. The Morgan fingerprint density at radius 3 is 2.07 bits per heavy atom. The number of hydrogen-bond donors (Lipinski definition) is 0. The number of aromatic nitrogens is 3. The molecule has 0 saturated carbocycles. The van der Waals surface area contributed by atoms with Gasteiger partial charge < -0.3 is 0 Å². The van der Waals surface area contributed by atoms with Gasteiger partial charge in [0.2, 0.25) is 0 Å². The van der Waals surface area contributed by atoms with E-state index in [9.17, 15) is 0 Å². The normalized spacial score (nSPS) is 13.9. The fourth-order valence-corrected chi connectivity index (χ4v) is 7.85. The van der Waals surface area contributed by atoms with Gasteiger partial charge in [-0.3, -0.25) is 0 Å². The summed E-state index contributed by atoms with van der Waals surface area (Å²) in [5.41, 5.74) is 5.03. The molecule has 0 bridgehead atoms. The van der Waals surface area contributed by atoms with Gasteiger partial charge in [-0.2, -0.15) is 0 Å². The Bertz CT molecular complexity index is 2890. The van der Waals surface area contributed by atoms with Crippen molar-refractivity contribution in [2.45, 2.75) is 0 Å². The molecule has 3 aromatic heterocycles. The van der Waals surface area contributed by atoms with Gasteiger partial charge in [0.25, 0.3) is 0 Å². The Hall–Kier alpha value is -5.35. The van der Waals surface area contributed by atoms with Gasteiger partial charge in [0, 0.05) is 0 Å². The molecule has 9 aromatic rings. The van der Waals surface area contributed by atoms with Crippen LogP contribution in [0.5, 0.6) is 0 Å². The third kappa shape index (κ3) is 4.10. The van der Waals surface area contributed by atoms with Gasteiger partial charge in [-0.25, -0.2) is 0 Å². The monoisotopic (exact) mass is 636 g/mol. The number of para-hydroxylation sites is 1. The Morgan fingerprint density at radius 1 is 0.500 bits per heavy atom. The SMILES string of the molecule is [2H]c1c([2H])c([2H])c2c([se]c3c(-c4nc(-c5ccc(-c6ccccc6)cc5)nc(-c5cccc6oc7ccccc7c56)n4)c([2H])c([2H])c([2H])c32)c1[2H]. The summed E-state index contributed by atoms with van der Waals surface area (Å²) in [6, 6.07) is 29.1. The molecule has 0 radical (unpaired) electrons. The van der Waals surface area contributed by atoms with Gasteiger partial charge in [0.15, 0.2) is 0 Å². The molecule has 0 fully saturated rings. The quantitative estimate of drug-likeness (QED) is 0.181. The second-order valence-electron chi connectivity index (χ2n) is 10.3. The molecule has 0 aliphatic heterocycles. The molecule has 0 aliphatic rings. The number of fused-ring (bicyclic) bond motifs is 6. The molecule has 0 N–H and O–H groups in total. The molecule has 0 aliphatic carbocycles. The van der Waals surface area contributed by atoms with E-state index in [2.05, 4.69) is 0 Å². The average Bonchev–Trinajstić information content (AvgIpc) is 3.75. The van der Waals surface area contributed by atoms with Crippen LogP contribution in [0.4, 0.5) is 0 Å². The van der Waals surface area contributed by atoms with Crippen LogP contribution in [0.15, 0.2) is 144 Å². The average molecular weight is 636 g/mol. The van der Waals surface area contributed by atoms with Crippen molar-refractivity contribution in [2.24, 2.45) is 0 Å². The summed E-state index contributed by atoms with van der Waals surface area (Å²) in [7, 11) is 0. The van der Waals surface area contributed by atoms with Crippen molar-refractivity contribution in [2.75, 3.05) is 0 Å². The van der Waals surface area contributed by atoms with E-state index in [1.165, 1.54) is 0 Å². The van der Waals surface area contributed by atoms with Gasteiger partial charge in [-0.1, -0.05) is 6.07 Å². The van der Waals surface area contributed by atoms with Gasteiger partial charge in [-0.05, 0) is 0 Å². The first-order valence-corrected chi connectivity index (χ1v) is 15.7. The van der Waals surface area contributed by atoms with Crippen LogP contribution in [0.1, 0.15) is 9.60 Å². The zero-order valence-corrected chi connectivity index (χ0v) is 24.6. The van der Waals surface area contributed by atoms with Crippen molar-refractivity contribution < 1.29 is 14.0 Å². The van der Waals surface area contributed by atoms with Crippen molar-refractivity contribution in [3.8, 4) is 45.3 Å². The summed E-state index contributed by atoms with van der Waals surface area (Å²) in [5.74, 6) is 0.772. The molecule has 5 heteroatoms. The van der Waals surface area contributed by atoms with Crippen LogP contribution in [-0.4, -0.2) is 29.5 Å². The van der Waals surface area contributed by atoms with Crippen LogP contribution < -0.4 is 0 Å². The van der Waals surface area contributed by atoms with Gasteiger partial charge in [-0.15, -0.1) is 0 Å². The maximum atomic E-state index is 9.15. The standard InChI is InChI=1S/C39H23N3OSe/c1-2-10-24(11-3-1)25-20-22-26(23-21-25)37-40-38(30-15-9-18-33-35(30)29-13-4-6-17-32(29)43-33)42-39(41-37)31-16-8-14-28-27-12-5-7-19-34(27)44-36(28)31/h1-23H/i5D,7D,8D,12D,14D,16D,19D. The van der Waals surface area contributed by atoms with Crippen molar-refractivity contribution in [1.29, 1.82) is 0 Å². The molecule has 0 unspecified atom stereocenters. The van der Waals surface area contributed by atoms with E-state index in [0.717, 1.165) is 21.9 Å². The number of hydrogen-bond acceptors (Lipinski definition) is 4. The van der Waals surface area contributed by atoms with Gasteiger partial charge in [0.05, 0.1) is 0 Å². The second-order valence-corrected chi connectivity index (χ2v) is 12.4. The number of nitrogens with zero attached hydrogens (tertiary/aromatic N) is 3. The molecular formula is C39H23N3OSe. The van der Waals surface area contributed by atoms with E-state index < -0.39 is 20.5 Å². The Morgan fingerprint density at radius 2 is 1.18 bits per heavy atom. The number of benzene rings is 6. The minimum atomic E-state index is -0.735. The van der Waals surface area contributed by atoms with E-state index in [0.29, 0.717) is 42.5 Å². The van der Waals surface area contributed by atoms with E-state index in [-0.39, 0.29) is 58.4 Å². The number of rotatable bonds is 4. The summed E-state index contributed by atoms with van der Waals surface area (Å²) in [5, 5.41) is 2.13. The molecule has 0 atom stereocenters. The van der Waals surface area contributed by atoms with Crippen LogP contribution in [0.2, 0.25) is 0 Å². The Balaban J connectivity index is 1.36. The molecule has 6 aromatic carbocycles. The van der Waals surface area contributed by atoms with Crippen LogP contribution in [0, 0.1) is 0 Å². The predicted octanol–water partition coefficient (Wildman–Crippen LogP) is 9.80. The zero-order chi connectivity index (χ0) is 35.1. The molecule has 4 nitrogen and oxygen atoms in total. The van der Waals surface area contributed by atoms with Crippen LogP contribution >= 0.6 is 0 Å². The molecule has 206 valence electrons. The summed E-state index contributed by atoms with van der Waals surface area (Å²) >= 11 is -0.735. The van der Waals surface area contributed by atoms with E-state index in [1.54, 1.807) is 0 Å². The van der Waals surface area contributed by atoms with Crippen LogP contribution in [-0.2, 0) is 0 Å². The third-order valence-electron chi connectivity index (χ3n) is 7.69. The van der Waals surface area contributed by atoms with E-state index >= 15 is 0 Å². The van der Waals surface area contributed by atoms with Crippen LogP contribution in [0.3, 0.4) is 0 Å². The molecule has 0 saturated heterocycles. The molecule has 0 amide bonds. The Kier molecular flexibility index (Phi) is 4.38. The van der Waals surface area contributed by atoms with Crippen molar-refractivity contribution in [1.82, 2.24) is 15.0 Å². The van der Waals surface area contributed by atoms with E-state index in [4.69, 9.17) is 29.0 Å². The second kappa shape index (κ2) is 10.1. The molecule has 9 rings (SSSR count). The maximum absolute atomic E-state index is 9.15. The van der Waals surface area contributed by atoms with Crippen molar-refractivity contribution in [3.05, 3.63) is 139 Å².